The van der Waals surface area contributed by atoms with Crippen molar-refractivity contribution in [3.8, 4) is 0 Å². The maximum Gasteiger partial charge on any atom is 0.223 e. The van der Waals surface area contributed by atoms with Gasteiger partial charge >= 0.3 is 0 Å². The minimum atomic E-state index is 0.347. The Hall–Kier alpha value is -2.93. The zero-order valence-corrected chi connectivity index (χ0v) is 18.5. The molecule has 0 bridgehead atoms. The van der Waals surface area contributed by atoms with Crippen molar-refractivity contribution in [2.75, 3.05) is 55.3 Å². The van der Waals surface area contributed by atoms with Gasteiger partial charge in [0.15, 0.2) is 0 Å². The Morgan fingerprint density at radius 1 is 1.00 bits per heavy atom. The van der Waals surface area contributed by atoms with Crippen molar-refractivity contribution in [1.82, 2.24) is 14.9 Å². The van der Waals surface area contributed by atoms with Gasteiger partial charge in [-0.05, 0) is 55.6 Å². The number of piperazine rings is 1. The van der Waals surface area contributed by atoms with Gasteiger partial charge < -0.3 is 20.4 Å². The fourth-order valence-electron chi connectivity index (χ4n) is 4.69. The van der Waals surface area contributed by atoms with Crippen LogP contribution in [0, 0.1) is 0 Å². The van der Waals surface area contributed by atoms with Crippen LogP contribution in [0.2, 0.25) is 0 Å². The summed E-state index contributed by atoms with van der Waals surface area (Å²) < 4.78 is 0. The number of fused-ring (bicyclic) bond motifs is 1. The summed E-state index contributed by atoms with van der Waals surface area (Å²) in [5.74, 6) is 2.20. The highest BCUT2D eigenvalue weighted by molar-refractivity contribution is 6.09. The lowest BCUT2D eigenvalue weighted by molar-refractivity contribution is 0.312. The van der Waals surface area contributed by atoms with E-state index in [4.69, 9.17) is 10.7 Å². The topological polar surface area (TPSA) is 73.9 Å². The minimum absolute atomic E-state index is 0.347. The molecule has 2 N–H and O–H groups in total. The van der Waals surface area contributed by atoms with Crippen LogP contribution in [0.4, 0.5) is 17.6 Å². The summed E-state index contributed by atoms with van der Waals surface area (Å²) in [4.78, 5) is 20.9. The third-order valence-corrected chi connectivity index (χ3v) is 6.58. The quantitative estimate of drug-likeness (QED) is 0.827. The number of aliphatic imine (C=N–C) groups is 1. The predicted octanol–water partition coefficient (Wildman–Crippen LogP) is 2.51. The van der Waals surface area contributed by atoms with E-state index in [1.807, 2.05) is 0 Å². The number of nitrogens with zero attached hydrogens (tertiary/aromatic N) is 6. The minimum Gasteiger partial charge on any atom is -0.368 e. The van der Waals surface area contributed by atoms with Gasteiger partial charge in [-0.3, -0.25) is 4.99 Å². The average molecular weight is 418 g/mol. The first-order valence-electron chi connectivity index (χ1n) is 11.2. The molecule has 1 atom stereocenters. The third-order valence-electron chi connectivity index (χ3n) is 6.58. The first-order valence-corrected chi connectivity index (χ1v) is 11.2. The van der Waals surface area contributed by atoms with Gasteiger partial charge in [-0.15, -0.1) is 0 Å². The highest BCUT2D eigenvalue weighted by Gasteiger charge is 2.26. The van der Waals surface area contributed by atoms with E-state index in [0.717, 1.165) is 69.5 Å². The van der Waals surface area contributed by atoms with Gasteiger partial charge in [-0.25, -0.2) is 0 Å². The molecule has 1 saturated heterocycles. The first kappa shape index (κ1) is 20.0. The third kappa shape index (κ3) is 4.14. The van der Waals surface area contributed by atoms with Crippen LogP contribution in [0.15, 0.2) is 41.4 Å². The molecule has 4 heterocycles. The van der Waals surface area contributed by atoms with E-state index in [0.29, 0.717) is 12.0 Å². The Bertz CT molecular complexity index is 1020. The number of aromatic nitrogens is 2. The number of dihydropyridines is 1. The summed E-state index contributed by atoms with van der Waals surface area (Å²) in [7, 11) is 2.16. The molecular weight excluding hydrogens is 386 g/mol. The van der Waals surface area contributed by atoms with E-state index in [-0.39, 0.29) is 0 Å². The summed E-state index contributed by atoms with van der Waals surface area (Å²) >= 11 is 0. The van der Waals surface area contributed by atoms with E-state index in [2.05, 4.69) is 75.1 Å². The number of hydrogen-bond acceptors (Lipinski definition) is 7. The van der Waals surface area contributed by atoms with Crippen LogP contribution in [-0.2, 0) is 13.0 Å². The number of hydrogen-bond donors (Lipinski definition) is 1. The highest BCUT2D eigenvalue weighted by Crippen LogP contribution is 2.30. The first-order chi connectivity index (χ1) is 15.1. The number of anilines is 3. The molecule has 0 spiro atoms. The number of likely N-dealkylation sites (N-methyl/N-ethyl adjacent to an activating group) is 1. The molecule has 31 heavy (non-hydrogen) atoms. The standard InChI is InChI=1S/C24H31N7/c1-17-13-18-6-7-19(21-5-3-4-8-26-21)14-20(18)16-31(17)23-15-22(27-24(25)28-23)30-11-9-29(2)10-12-30/h3,5-7,14-15,17H,4,8-13,16H2,1-2H3,(H2,25,27,28). The van der Waals surface area contributed by atoms with Crippen LogP contribution >= 0.6 is 0 Å². The molecule has 0 aliphatic carbocycles. The van der Waals surface area contributed by atoms with Crippen molar-refractivity contribution in [3.63, 3.8) is 0 Å². The Balaban J connectivity index is 1.43. The van der Waals surface area contributed by atoms with Gasteiger partial charge in [-0.1, -0.05) is 18.2 Å². The molecular formula is C24H31N7. The molecule has 7 heteroatoms. The smallest absolute Gasteiger partial charge is 0.223 e. The predicted molar refractivity (Wildman–Crippen MR) is 127 cm³/mol. The lowest BCUT2D eigenvalue weighted by Gasteiger charge is -2.37. The molecule has 3 aliphatic rings. The monoisotopic (exact) mass is 417 g/mol. The summed E-state index contributed by atoms with van der Waals surface area (Å²) in [6, 6.07) is 9.24. The maximum absolute atomic E-state index is 6.15. The van der Waals surface area contributed by atoms with Crippen LogP contribution in [-0.4, -0.2) is 66.4 Å². The molecule has 0 saturated carbocycles. The highest BCUT2D eigenvalue weighted by atomic mass is 15.3. The van der Waals surface area contributed by atoms with Crippen molar-refractivity contribution < 1.29 is 0 Å². The second kappa shape index (κ2) is 8.30. The van der Waals surface area contributed by atoms with Gasteiger partial charge in [0.1, 0.15) is 11.6 Å². The maximum atomic E-state index is 6.15. The Labute approximate surface area is 184 Å². The molecule has 2 aromatic rings. The number of benzene rings is 1. The Morgan fingerprint density at radius 2 is 1.81 bits per heavy atom. The van der Waals surface area contributed by atoms with Crippen molar-refractivity contribution >= 4 is 23.3 Å². The molecule has 1 unspecified atom stereocenters. The van der Waals surface area contributed by atoms with E-state index < -0.39 is 0 Å². The van der Waals surface area contributed by atoms with Crippen molar-refractivity contribution in [1.29, 1.82) is 0 Å². The van der Waals surface area contributed by atoms with Gasteiger partial charge in [0.05, 0.1) is 5.71 Å². The Kier molecular flexibility index (Phi) is 5.36. The molecule has 1 aromatic carbocycles. The molecule has 3 aliphatic heterocycles. The molecule has 1 aromatic heterocycles. The number of nitrogen functional groups attached to an aromatic ring is 1. The molecule has 1 fully saturated rings. The van der Waals surface area contributed by atoms with E-state index >= 15 is 0 Å². The van der Waals surface area contributed by atoms with Crippen LogP contribution in [0.1, 0.15) is 30.0 Å². The fourth-order valence-corrected chi connectivity index (χ4v) is 4.69. The zero-order valence-electron chi connectivity index (χ0n) is 18.5. The van der Waals surface area contributed by atoms with Crippen molar-refractivity contribution in [2.45, 2.75) is 32.4 Å². The lowest BCUT2D eigenvalue weighted by atomic mass is 9.92. The van der Waals surface area contributed by atoms with Crippen LogP contribution in [0.25, 0.3) is 0 Å². The zero-order chi connectivity index (χ0) is 21.4. The average Bonchev–Trinajstić information content (AvgIpc) is 2.79. The number of rotatable bonds is 3. The summed E-state index contributed by atoms with van der Waals surface area (Å²) in [6.45, 7) is 7.95. The number of nitrogens with two attached hydrogens (primary N) is 1. The number of allylic oxidation sites excluding steroid dienone is 1. The van der Waals surface area contributed by atoms with Crippen LogP contribution in [0.3, 0.4) is 0 Å². The van der Waals surface area contributed by atoms with E-state index in [9.17, 15) is 0 Å². The molecule has 0 amide bonds. The second-order valence-electron chi connectivity index (χ2n) is 8.86. The molecule has 0 radical (unpaired) electrons. The second-order valence-corrected chi connectivity index (χ2v) is 8.86. The van der Waals surface area contributed by atoms with E-state index in [1.54, 1.807) is 0 Å². The molecule has 162 valence electrons. The van der Waals surface area contributed by atoms with Crippen molar-refractivity contribution in [3.05, 3.63) is 53.1 Å². The normalized spacial score (nSPS) is 21.7. The molecule has 7 nitrogen and oxygen atoms in total. The van der Waals surface area contributed by atoms with E-state index in [1.165, 1.54) is 16.7 Å². The van der Waals surface area contributed by atoms with Gasteiger partial charge in [-0.2, -0.15) is 9.97 Å². The van der Waals surface area contributed by atoms with Gasteiger partial charge in [0.25, 0.3) is 0 Å². The SMILES string of the molecule is CC1Cc2ccc(C3=NCCC=C3)cc2CN1c1cc(N2CCN(C)CC2)nc(N)n1. The van der Waals surface area contributed by atoms with Gasteiger partial charge in [0.2, 0.25) is 5.95 Å². The lowest BCUT2D eigenvalue weighted by Crippen LogP contribution is -2.45. The van der Waals surface area contributed by atoms with Crippen molar-refractivity contribution in [2.24, 2.45) is 4.99 Å². The summed E-state index contributed by atoms with van der Waals surface area (Å²) in [5.41, 5.74) is 11.2. The summed E-state index contributed by atoms with van der Waals surface area (Å²) in [6.07, 6.45) is 6.37. The molecule has 5 rings (SSSR count). The van der Waals surface area contributed by atoms with Gasteiger partial charge in [0, 0.05) is 51.4 Å². The summed E-state index contributed by atoms with van der Waals surface area (Å²) in [5, 5.41) is 0. The van der Waals surface area contributed by atoms with Crippen LogP contribution < -0.4 is 15.5 Å². The van der Waals surface area contributed by atoms with Crippen LogP contribution in [0.5, 0.6) is 0 Å². The fraction of sp³-hybridized carbons (Fsp3) is 0.458. The Morgan fingerprint density at radius 3 is 2.58 bits per heavy atom. The largest absolute Gasteiger partial charge is 0.368 e.